The smallest absolute Gasteiger partial charge is 0.550 e. The van der Waals surface area contributed by atoms with E-state index in [4.69, 9.17) is 4.55 Å². The molecule has 0 saturated heterocycles. The SMILES string of the molecule is O=C([O-])CC(C(=O)[O-])(C1CCCCC1)S(=O)(=O)O.[Na+].[Na+]. The number of carbonyl (C=O) groups is 2. The molecule has 0 bridgehead atoms. The average molecular weight is 324 g/mol. The fourth-order valence-electron chi connectivity index (χ4n) is 2.57. The average Bonchev–Trinajstić information content (AvgIpc) is 2.24. The second kappa shape index (κ2) is 9.09. The molecule has 0 aliphatic heterocycles. The number of carbonyl (C=O) groups excluding carboxylic acids is 2. The summed E-state index contributed by atoms with van der Waals surface area (Å²) >= 11 is 0. The van der Waals surface area contributed by atoms with E-state index in [2.05, 4.69) is 0 Å². The standard InChI is InChI=1S/C10H16O7S.2Na/c11-8(12)6-10(9(13)14,18(15,16)17)7-4-2-1-3-5-7;;/h7H,1-6H2,(H,11,12)(H,13,14)(H,15,16,17);;/q;2*+1/p-2. The minimum atomic E-state index is -5.10. The van der Waals surface area contributed by atoms with E-state index in [-0.39, 0.29) is 72.0 Å². The Morgan fingerprint density at radius 3 is 1.85 bits per heavy atom. The van der Waals surface area contributed by atoms with Crippen LogP contribution in [-0.2, 0) is 19.7 Å². The first-order chi connectivity index (χ1) is 8.22. The van der Waals surface area contributed by atoms with Crippen molar-refractivity contribution in [2.24, 2.45) is 5.92 Å². The molecule has 7 nitrogen and oxygen atoms in total. The maximum absolute atomic E-state index is 11.4. The fraction of sp³-hybridized carbons (Fsp3) is 0.800. The van der Waals surface area contributed by atoms with Crippen molar-refractivity contribution in [3.05, 3.63) is 0 Å². The minimum Gasteiger partial charge on any atom is -0.550 e. The summed E-state index contributed by atoms with van der Waals surface area (Å²) in [5, 5.41) is 21.8. The van der Waals surface area contributed by atoms with Crippen LogP contribution in [0.1, 0.15) is 38.5 Å². The molecule has 0 amide bonds. The van der Waals surface area contributed by atoms with Gasteiger partial charge in [0.25, 0.3) is 10.1 Å². The molecule has 1 N–H and O–H groups in total. The van der Waals surface area contributed by atoms with Gasteiger partial charge in [0.1, 0.15) is 4.75 Å². The largest absolute Gasteiger partial charge is 1.00 e. The Bertz CT molecular complexity index is 445. The Labute approximate surface area is 161 Å². The number of rotatable bonds is 5. The zero-order valence-corrected chi connectivity index (χ0v) is 16.4. The van der Waals surface area contributed by atoms with E-state index in [0.717, 1.165) is 6.42 Å². The van der Waals surface area contributed by atoms with E-state index in [1.165, 1.54) is 0 Å². The monoisotopic (exact) mass is 324 g/mol. The molecule has 1 aliphatic carbocycles. The summed E-state index contributed by atoms with van der Waals surface area (Å²) in [5.41, 5.74) is 0. The zero-order valence-electron chi connectivity index (χ0n) is 11.6. The van der Waals surface area contributed by atoms with Gasteiger partial charge in [0, 0.05) is 12.4 Å². The third kappa shape index (κ3) is 4.95. The molecule has 0 aromatic carbocycles. The van der Waals surface area contributed by atoms with Crippen LogP contribution in [0.4, 0.5) is 0 Å². The van der Waals surface area contributed by atoms with Gasteiger partial charge in [-0.2, -0.15) is 8.42 Å². The topological polar surface area (TPSA) is 135 Å². The molecule has 1 aliphatic rings. The maximum atomic E-state index is 11.4. The summed E-state index contributed by atoms with van der Waals surface area (Å²) in [6, 6.07) is 0. The Hall–Kier alpha value is 0.850. The summed E-state index contributed by atoms with van der Waals surface area (Å²) in [6.45, 7) is 0. The first-order valence-corrected chi connectivity index (χ1v) is 7.04. The zero-order chi connectivity index (χ0) is 14.0. The molecule has 0 aromatic rings. The second-order valence-electron chi connectivity index (χ2n) is 4.54. The van der Waals surface area contributed by atoms with Crippen molar-refractivity contribution in [3.63, 3.8) is 0 Å². The first-order valence-electron chi connectivity index (χ1n) is 5.60. The van der Waals surface area contributed by atoms with E-state index < -0.39 is 39.1 Å². The quantitative estimate of drug-likeness (QED) is 0.392. The van der Waals surface area contributed by atoms with Gasteiger partial charge in [-0.25, -0.2) is 0 Å². The molecule has 0 aromatic heterocycles. The van der Waals surface area contributed by atoms with Crippen LogP contribution < -0.4 is 69.3 Å². The van der Waals surface area contributed by atoms with Crippen LogP contribution in [0.15, 0.2) is 0 Å². The van der Waals surface area contributed by atoms with E-state index >= 15 is 0 Å². The minimum absolute atomic E-state index is 0. The summed E-state index contributed by atoms with van der Waals surface area (Å²) < 4.78 is 29.1. The predicted molar refractivity (Wildman–Crippen MR) is 55.5 cm³/mol. The molecule has 104 valence electrons. The van der Waals surface area contributed by atoms with Crippen LogP contribution in [0.25, 0.3) is 0 Å². The maximum Gasteiger partial charge on any atom is 1.00 e. The van der Waals surface area contributed by atoms with Gasteiger partial charge in [-0.15, -0.1) is 0 Å². The molecular weight excluding hydrogens is 310 g/mol. The fourth-order valence-corrected chi connectivity index (χ4v) is 3.74. The van der Waals surface area contributed by atoms with Gasteiger partial charge in [-0.3, -0.25) is 4.55 Å². The van der Waals surface area contributed by atoms with Gasteiger partial charge in [0.15, 0.2) is 0 Å². The van der Waals surface area contributed by atoms with Gasteiger partial charge in [0.2, 0.25) is 0 Å². The van der Waals surface area contributed by atoms with Gasteiger partial charge in [-0.05, 0) is 18.8 Å². The first kappa shape index (κ1) is 23.1. The number of hydrogen-bond acceptors (Lipinski definition) is 6. The van der Waals surface area contributed by atoms with Crippen molar-refractivity contribution in [3.8, 4) is 0 Å². The van der Waals surface area contributed by atoms with Crippen LogP contribution in [0, 0.1) is 5.92 Å². The van der Waals surface area contributed by atoms with Crippen molar-refractivity contribution < 1.29 is 91.9 Å². The van der Waals surface area contributed by atoms with Crippen LogP contribution in [0.2, 0.25) is 0 Å². The Kier molecular flexibility index (Phi) is 10.5. The van der Waals surface area contributed by atoms with Gasteiger partial charge in [0.05, 0.1) is 5.97 Å². The third-order valence-corrected chi connectivity index (χ3v) is 5.04. The van der Waals surface area contributed by atoms with Crippen molar-refractivity contribution in [2.45, 2.75) is 43.3 Å². The molecule has 1 atom stereocenters. The molecular formula is C10H14Na2O7S. The van der Waals surface area contributed by atoms with Crippen molar-refractivity contribution in [1.82, 2.24) is 0 Å². The third-order valence-electron chi connectivity index (χ3n) is 3.48. The van der Waals surface area contributed by atoms with Gasteiger partial charge >= 0.3 is 59.1 Å². The van der Waals surface area contributed by atoms with Crippen molar-refractivity contribution in [1.29, 1.82) is 0 Å². The predicted octanol–water partition coefficient (Wildman–Crippen LogP) is -7.91. The summed E-state index contributed by atoms with van der Waals surface area (Å²) in [6.07, 6.45) is 1.14. The van der Waals surface area contributed by atoms with Crippen LogP contribution in [-0.4, -0.2) is 29.7 Å². The number of hydrogen-bond donors (Lipinski definition) is 1. The summed E-state index contributed by atoms with van der Waals surface area (Å²) in [4.78, 5) is 21.8. The molecule has 0 radical (unpaired) electrons. The Morgan fingerprint density at radius 1 is 1.10 bits per heavy atom. The summed E-state index contributed by atoms with van der Waals surface area (Å²) in [5.74, 6) is -4.90. The molecule has 1 unspecified atom stereocenters. The van der Waals surface area contributed by atoms with E-state index in [1.54, 1.807) is 0 Å². The Morgan fingerprint density at radius 2 is 1.55 bits per heavy atom. The van der Waals surface area contributed by atoms with Gasteiger partial charge < -0.3 is 19.8 Å². The molecule has 10 heteroatoms. The molecule has 0 spiro atoms. The van der Waals surface area contributed by atoms with Gasteiger partial charge in [-0.1, -0.05) is 19.3 Å². The van der Waals surface area contributed by atoms with E-state index in [9.17, 15) is 28.2 Å². The van der Waals surface area contributed by atoms with E-state index in [0.29, 0.717) is 12.8 Å². The number of carboxylic acids is 2. The second-order valence-corrected chi connectivity index (χ2v) is 6.21. The van der Waals surface area contributed by atoms with Crippen molar-refractivity contribution in [2.75, 3.05) is 0 Å². The number of aliphatic carboxylic acids is 2. The molecule has 0 heterocycles. The van der Waals surface area contributed by atoms with Crippen LogP contribution >= 0.6 is 0 Å². The molecule has 20 heavy (non-hydrogen) atoms. The normalized spacial score (nSPS) is 19.1. The molecule has 1 rings (SSSR count). The van der Waals surface area contributed by atoms with Crippen LogP contribution in [0.5, 0.6) is 0 Å². The molecule has 1 fully saturated rings. The van der Waals surface area contributed by atoms with Crippen LogP contribution in [0.3, 0.4) is 0 Å². The molecule has 1 saturated carbocycles. The number of carboxylic acid groups (broad SMARTS) is 2. The Balaban J connectivity index is 0. The van der Waals surface area contributed by atoms with E-state index in [1.807, 2.05) is 0 Å². The summed E-state index contributed by atoms with van der Waals surface area (Å²) in [7, 11) is -5.10. The van der Waals surface area contributed by atoms with Crippen molar-refractivity contribution >= 4 is 22.1 Å².